The van der Waals surface area contributed by atoms with Gasteiger partial charge in [0.1, 0.15) is 5.71 Å². The number of hydrazone groups is 1. The predicted molar refractivity (Wildman–Crippen MR) is 66.2 cm³/mol. The first-order chi connectivity index (χ1) is 7.59. The topological polar surface area (TPSA) is 32.4 Å². The highest BCUT2D eigenvalue weighted by atomic mass is 32.2. The van der Waals surface area contributed by atoms with Gasteiger partial charge in [0.2, 0.25) is 0 Å². The van der Waals surface area contributed by atoms with Crippen molar-refractivity contribution in [3.8, 4) is 0 Å². The standard InChI is InChI=1S/C12H13N2OS/c1-8-3-4-12(2)9(5-8)6-10-11(12)13-14(15)7-16-10/h3,5-6H,4,7H2,1-2H3/q+1. The van der Waals surface area contributed by atoms with Crippen molar-refractivity contribution < 1.29 is 4.87 Å². The smallest absolute Gasteiger partial charge is 0.0803 e. The van der Waals surface area contributed by atoms with Crippen molar-refractivity contribution in [1.82, 2.24) is 0 Å². The first-order valence-electron chi connectivity index (χ1n) is 5.37. The Morgan fingerprint density at radius 1 is 1.50 bits per heavy atom. The molecule has 4 heteroatoms. The summed E-state index contributed by atoms with van der Waals surface area (Å²) in [6, 6.07) is 0. The average Bonchev–Trinajstić information content (AvgIpc) is 2.52. The largest absolute Gasteiger partial charge is 0.278 e. The Kier molecular flexibility index (Phi) is 1.98. The molecule has 3 nitrogen and oxygen atoms in total. The molecule has 0 amide bonds. The number of thioether (sulfide) groups is 1. The number of fused-ring (bicyclic) bond motifs is 3. The number of hydrogen-bond donors (Lipinski definition) is 0. The van der Waals surface area contributed by atoms with E-state index in [2.05, 4.69) is 37.2 Å². The van der Waals surface area contributed by atoms with Crippen LogP contribution < -0.4 is 0 Å². The lowest BCUT2D eigenvalue weighted by atomic mass is 9.75. The van der Waals surface area contributed by atoms with Crippen LogP contribution in [0.5, 0.6) is 0 Å². The van der Waals surface area contributed by atoms with Gasteiger partial charge >= 0.3 is 0 Å². The Morgan fingerprint density at radius 2 is 2.31 bits per heavy atom. The molecule has 0 fully saturated rings. The fourth-order valence-electron chi connectivity index (χ4n) is 2.40. The zero-order valence-electron chi connectivity index (χ0n) is 9.36. The molecule has 1 unspecified atom stereocenters. The van der Waals surface area contributed by atoms with Crippen molar-refractivity contribution in [2.75, 3.05) is 5.88 Å². The third kappa shape index (κ3) is 1.26. The van der Waals surface area contributed by atoms with Gasteiger partial charge in [-0.1, -0.05) is 17.7 Å². The Hall–Kier alpha value is -1.16. The van der Waals surface area contributed by atoms with Crippen LogP contribution >= 0.6 is 11.8 Å². The van der Waals surface area contributed by atoms with Gasteiger partial charge in [-0.25, -0.2) is 0 Å². The van der Waals surface area contributed by atoms with E-state index in [1.54, 1.807) is 11.8 Å². The summed E-state index contributed by atoms with van der Waals surface area (Å²) in [5.41, 5.74) is 3.47. The van der Waals surface area contributed by atoms with E-state index in [4.69, 9.17) is 0 Å². The first kappa shape index (κ1) is 10.0. The molecule has 2 aliphatic carbocycles. The molecule has 3 rings (SSSR count). The molecule has 1 atom stereocenters. The molecule has 0 saturated heterocycles. The van der Waals surface area contributed by atoms with E-state index < -0.39 is 0 Å². The molecule has 1 heterocycles. The van der Waals surface area contributed by atoms with Crippen molar-refractivity contribution in [2.24, 2.45) is 10.5 Å². The van der Waals surface area contributed by atoms with E-state index in [0.29, 0.717) is 5.88 Å². The highest BCUT2D eigenvalue weighted by Crippen LogP contribution is 2.49. The molecule has 0 aromatic heterocycles. The van der Waals surface area contributed by atoms with Crippen molar-refractivity contribution in [2.45, 2.75) is 20.3 Å². The SMILES string of the molecule is CC1=CCC2(C)C(=C1)C=C1SC[N+](=O)N=C12. The summed E-state index contributed by atoms with van der Waals surface area (Å²) in [5, 5.41) is 4.16. The van der Waals surface area contributed by atoms with Gasteiger partial charge in [0.15, 0.2) is 4.87 Å². The van der Waals surface area contributed by atoms with E-state index in [9.17, 15) is 4.91 Å². The Labute approximate surface area is 98.6 Å². The van der Waals surface area contributed by atoms with Gasteiger partial charge in [0.25, 0.3) is 5.88 Å². The molecular weight excluding hydrogens is 220 g/mol. The zero-order chi connectivity index (χ0) is 11.3. The maximum absolute atomic E-state index is 11.3. The van der Waals surface area contributed by atoms with Crippen molar-refractivity contribution in [1.29, 1.82) is 0 Å². The fraction of sp³-hybridized carbons (Fsp3) is 0.417. The summed E-state index contributed by atoms with van der Waals surface area (Å²) in [4.78, 5) is 13.3. The van der Waals surface area contributed by atoms with Gasteiger partial charge in [-0.2, -0.15) is 0 Å². The minimum Gasteiger partial charge on any atom is -0.0803 e. The van der Waals surface area contributed by atoms with Crippen LogP contribution in [0.1, 0.15) is 20.3 Å². The van der Waals surface area contributed by atoms with Crippen LogP contribution in [0.15, 0.2) is 39.4 Å². The molecular formula is C12H13N2OS+. The second-order valence-corrected chi connectivity index (χ2v) is 5.65. The second kappa shape index (κ2) is 3.17. The molecule has 0 aromatic carbocycles. The van der Waals surface area contributed by atoms with Crippen molar-refractivity contribution >= 4 is 17.5 Å². The average molecular weight is 233 g/mol. The van der Waals surface area contributed by atoms with E-state index in [0.717, 1.165) is 17.0 Å². The lowest BCUT2D eigenvalue weighted by molar-refractivity contribution is -0.535. The van der Waals surface area contributed by atoms with Gasteiger partial charge in [0, 0.05) is 15.4 Å². The van der Waals surface area contributed by atoms with Crippen LogP contribution in [0.25, 0.3) is 0 Å². The van der Waals surface area contributed by atoms with Gasteiger partial charge in [0.05, 0.1) is 4.91 Å². The van der Waals surface area contributed by atoms with Crippen molar-refractivity contribution in [3.63, 3.8) is 0 Å². The van der Waals surface area contributed by atoms with E-state index in [1.807, 2.05) is 0 Å². The molecule has 0 bridgehead atoms. The minimum atomic E-state index is -0.0784. The van der Waals surface area contributed by atoms with Crippen LogP contribution in [0.4, 0.5) is 0 Å². The number of nitrogens with zero attached hydrogens (tertiary/aromatic N) is 2. The quantitative estimate of drug-likeness (QED) is 0.602. The molecule has 1 aliphatic heterocycles. The van der Waals surface area contributed by atoms with Crippen LogP contribution in [0.3, 0.4) is 0 Å². The zero-order valence-corrected chi connectivity index (χ0v) is 10.2. The maximum atomic E-state index is 11.3. The summed E-state index contributed by atoms with van der Waals surface area (Å²) in [7, 11) is 0. The summed E-state index contributed by atoms with van der Waals surface area (Å²) in [5.74, 6) is 0.408. The number of rotatable bonds is 0. The third-order valence-electron chi connectivity index (χ3n) is 3.44. The molecule has 82 valence electrons. The lowest BCUT2D eigenvalue weighted by Crippen LogP contribution is -2.29. The Balaban J connectivity index is 2.15. The summed E-state index contributed by atoms with van der Waals surface area (Å²) in [6.07, 6.45) is 7.55. The van der Waals surface area contributed by atoms with E-state index in [1.165, 1.54) is 16.1 Å². The highest BCUT2D eigenvalue weighted by Gasteiger charge is 2.46. The molecule has 3 aliphatic rings. The number of nitroso groups, excluding NO2 is 1. The molecule has 0 aromatic rings. The molecule has 0 spiro atoms. The van der Waals surface area contributed by atoms with E-state index in [-0.39, 0.29) is 5.41 Å². The fourth-order valence-corrected chi connectivity index (χ4v) is 3.32. The monoisotopic (exact) mass is 233 g/mol. The van der Waals surface area contributed by atoms with Gasteiger partial charge in [-0.05, 0) is 43.7 Å². The van der Waals surface area contributed by atoms with Crippen LogP contribution in [0.2, 0.25) is 0 Å². The molecule has 0 N–H and O–H groups in total. The predicted octanol–water partition coefficient (Wildman–Crippen LogP) is 3.01. The van der Waals surface area contributed by atoms with Crippen LogP contribution in [0, 0.1) is 10.3 Å². The molecule has 0 saturated carbocycles. The third-order valence-corrected chi connectivity index (χ3v) is 4.41. The number of hydrogen-bond acceptors (Lipinski definition) is 2. The summed E-state index contributed by atoms with van der Waals surface area (Å²) >= 11 is 1.59. The lowest BCUT2D eigenvalue weighted by Gasteiger charge is -2.28. The Bertz CT molecular complexity index is 513. The number of allylic oxidation sites excluding steroid dienone is 6. The van der Waals surface area contributed by atoms with E-state index >= 15 is 0 Å². The highest BCUT2D eigenvalue weighted by molar-refractivity contribution is 8.03. The summed E-state index contributed by atoms with van der Waals surface area (Å²) < 4.78 is 0. The van der Waals surface area contributed by atoms with Crippen molar-refractivity contribution in [3.05, 3.63) is 39.2 Å². The Morgan fingerprint density at radius 3 is 3.12 bits per heavy atom. The first-order valence-corrected chi connectivity index (χ1v) is 6.36. The maximum Gasteiger partial charge on any atom is 0.278 e. The normalized spacial score (nSPS) is 32.2. The minimum absolute atomic E-state index is 0.0784. The van der Waals surface area contributed by atoms with Gasteiger partial charge in [-0.15, -0.1) is 0 Å². The van der Waals surface area contributed by atoms with Gasteiger partial charge < -0.3 is 0 Å². The molecule has 16 heavy (non-hydrogen) atoms. The summed E-state index contributed by atoms with van der Waals surface area (Å²) in [6.45, 7) is 4.28. The van der Waals surface area contributed by atoms with Crippen LogP contribution in [-0.2, 0) is 0 Å². The van der Waals surface area contributed by atoms with Gasteiger partial charge in [-0.3, -0.25) is 0 Å². The molecule has 0 radical (unpaired) electrons. The van der Waals surface area contributed by atoms with Crippen LogP contribution in [-0.4, -0.2) is 16.5 Å². The second-order valence-electron chi connectivity index (χ2n) is 4.67.